The highest BCUT2D eigenvalue weighted by Gasteiger charge is 2.26. The minimum absolute atomic E-state index is 0.212. The highest BCUT2D eigenvalue weighted by Crippen LogP contribution is 2.38. The van der Waals surface area contributed by atoms with Crippen molar-refractivity contribution in [2.45, 2.75) is 52.2 Å². The van der Waals surface area contributed by atoms with Crippen molar-refractivity contribution in [1.82, 2.24) is 14.1 Å². The molecule has 2 heterocycles. The first-order valence-electron chi connectivity index (χ1n) is 11.9. The highest BCUT2D eigenvalue weighted by atomic mass is 35.5. The number of halogens is 1. The monoisotopic (exact) mass is 491 g/mol. The van der Waals surface area contributed by atoms with E-state index in [2.05, 4.69) is 18.8 Å². The van der Waals surface area contributed by atoms with E-state index in [0.29, 0.717) is 34.7 Å². The largest absolute Gasteiger partial charge is 0.384 e. The zero-order valence-corrected chi connectivity index (χ0v) is 21.2. The predicted octanol–water partition coefficient (Wildman–Crippen LogP) is 5.42. The third-order valence-electron chi connectivity index (χ3n) is 6.46. The SMILES string of the molecule is CCCCn1c(=O)c2c(C(O)c3ccc(Cl)cc3)c(-c3ccccc3C(C)C)cnc2n(C)c1=O. The number of hydrogen-bond donors (Lipinski definition) is 1. The van der Waals surface area contributed by atoms with Gasteiger partial charge in [-0.3, -0.25) is 13.9 Å². The van der Waals surface area contributed by atoms with Gasteiger partial charge in [-0.05, 0) is 41.2 Å². The molecular formula is C28H30ClN3O3. The summed E-state index contributed by atoms with van der Waals surface area (Å²) in [5.41, 5.74) is 3.09. The van der Waals surface area contributed by atoms with Gasteiger partial charge in [0.25, 0.3) is 5.56 Å². The van der Waals surface area contributed by atoms with Gasteiger partial charge < -0.3 is 5.11 Å². The molecule has 0 aliphatic rings. The molecular weight excluding hydrogens is 462 g/mol. The number of aliphatic hydroxyl groups excluding tert-OH is 1. The van der Waals surface area contributed by atoms with Crippen molar-refractivity contribution in [2.75, 3.05) is 0 Å². The van der Waals surface area contributed by atoms with Crippen LogP contribution in [0.5, 0.6) is 0 Å². The second-order valence-electron chi connectivity index (χ2n) is 9.13. The van der Waals surface area contributed by atoms with E-state index < -0.39 is 17.4 Å². The van der Waals surface area contributed by atoms with Crippen LogP contribution in [0.4, 0.5) is 0 Å². The molecule has 1 N–H and O–H groups in total. The lowest BCUT2D eigenvalue weighted by Gasteiger charge is -2.22. The number of fused-ring (bicyclic) bond motifs is 1. The molecule has 0 saturated heterocycles. The third-order valence-corrected chi connectivity index (χ3v) is 6.71. The fourth-order valence-electron chi connectivity index (χ4n) is 4.54. The van der Waals surface area contributed by atoms with E-state index in [0.717, 1.165) is 17.5 Å². The van der Waals surface area contributed by atoms with Gasteiger partial charge in [-0.1, -0.05) is 75.2 Å². The zero-order chi connectivity index (χ0) is 25.3. The maximum absolute atomic E-state index is 13.8. The smallest absolute Gasteiger partial charge is 0.332 e. The van der Waals surface area contributed by atoms with Crippen LogP contribution in [0, 0.1) is 0 Å². The Kier molecular flexibility index (Phi) is 7.24. The van der Waals surface area contributed by atoms with Crippen molar-refractivity contribution in [3.05, 3.63) is 97.3 Å². The molecule has 0 aliphatic heterocycles. The number of nitrogens with zero attached hydrogens (tertiary/aromatic N) is 3. The quantitative estimate of drug-likeness (QED) is 0.374. The van der Waals surface area contributed by atoms with Gasteiger partial charge in [0.2, 0.25) is 0 Å². The van der Waals surface area contributed by atoms with Crippen molar-refractivity contribution < 1.29 is 5.11 Å². The second kappa shape index (κ2) is 10.2. The number of unbranched alkanes of at least 4 members (excludes halogenated alkanes) is 1. The molecule has 1 unspecified atom stereocenters. The third kappa shape index (κ3) is 4.56. The Morgan fingerprint density at radius 3 is 2.37 bits per heavy atom. The second-order valence-corrected chi connectivity index (χ2v) is 9.57. The molecule has 4 aromatic rings. The van der Waals surface area contributed by atoms with Crippen LogP contribution in [0.3, 0.4) is 0 Å². The fraction of sp³-hybridized carbons (Fsp3) is 0.321. The van der Waals surface area contributed by atoms with Crippen LogP contribution in [0.1, 0.15) is 62.3 Å². The number of aliphatic hydroxyl groups is 1. The number of aryl methyl sites for hydroxylation is 1. The first kappa shape index (κ1) is 24.9. The van der Waals surface area contributed by atoms with Gasteiger partial charge in [-0.15, -0.1) is 0 Å². The topological polar surface area (TPSA) is 77.1 Å². The molecule has 2 aromatic heterocycles. The van der Waals surface area contributed by atoms with Gasteiger partial charge in [-0.2, -0.15) is 0 Å². The van der Waals surface area contributed by atoms with E-state index in [1.54, 1.807) is 37.5 Å². The number of benzene rings is 2. The Balaban J connectivity index is 2.15. The molecule has 0 bridgehead atoms. The summed E-state index contributed by atoms with van der Waals surface area (Å²) in [6, 6.07) is 14.8. The van der Waals surface area contributed by atoms with E-state index in [1.165, 1.54) is 9.13 Å². The summed E-state index contributed by atoms with van der Waals surface area (Å²) in [4.78, 5) is 31.4. The minimum Gasteiger partial charge on any atom is -0.384 e. The molecule has 6 nitrogen and oxygen atoms in total. The lowest BCUT2D eigenvalue weighted by atomic mass is 9.87. The minimum atomic E-state index is -1.13. The maximum atomic E-state index is 13.8. The molecule has 1 atom stereocenters. The maximum Gasteiger partial charge on any atom is 0.332 e. The van der Waals surface area contributed by atoms with E-state index in [4.69, 9.17) is 11.6 Å². The van der Waals surface area contributed by atoms with Crippen molar-refractivity contribution in [3.63, 3.8) is 0 Å². The van der Waals surface area contributed by atoms with E-state index in [9.17, 15) is 14.7 Å². The molecule has 0 saturated carbocycles. The van der Waals surface area contributed by atoms with Gasteiger partial charge in [-0.25, -0.2) is 9.78 Å². The van der Waals surface area contributed by atoms with Crippen LogP contribution in [-0.2, 0) is 13.6 Å². The zero-order valence-electron chi connectivity index (χ0n) is 20.5. The molecule has 182 valence electrons. The van der Waals surface area contributed by atoms with Crippen LogP contribution < -0.4 is 11.2 Å². The molecule has 35 heavy (non-hydrogen) atoms. The van der Waals surface area contributed by atoms with Gasteiger partial charge in [0.05, 0.1) is 5.39 Å². The summed E-state index contributed by atoms with van der Waals surface area (Å²) < 4.78 is 2.65. The average molecular weight is 492 g/mol. The molecule has 2 aromatic carbocycles. The average Bonchev–Trinajstić information content (AvgIpc) is 2.86. The van der Waals surface area contributed by atoms with Crippen molar-refractivity contribution in [3.8, 4) is 11.1 Å². The Labute approximate surface area is 209 Å². The highest BCUT2D eigenvalue weighted by molar-refractivity contribution is 6.30. The Bertz CT molecular complexity index is 1490. The summed E-state index contributed by atoms with van der Waals surface area (Å²) in [5, 5.41) is 12.5. The molecule has 7 heteroatoms. The predicted molar refractivity (Wildman–Crippen MR) is 141 cm³/mol. The number of pyridine rings is 1. The number of aromatic nitrogens is 3. The lowest BCUT2D eigenvalue weighted by molar-refractivity contribution is 0.222. The Hall–Kier alpha value is -3.22. The molecule has 0 aliphatic carbocycles. The Morgan fingerprint density at radius 1 is 1.03 bits per heavy atom. The van der Waals surface area contributed by atoms with E-state index >= 15 is 0 Å². The van der Waals surface area contributed by atoms with Crippen LogP contribution in [-0.4, -0.2) is 19.2 Å². The molecule has 4 rings (SSSR count). The van der Waals surface area contributed by atoms with Gasteiger partial charge in [0.1, 0.15) is 11.8 Å². The summed E-state index contributed by atoms with van der Waals surface area (Å²) in [5.74, 6) is 0.212. The fourth-order valence-corrected chi connectivity index (χ4v) is 4.67. The molecule has 0 amide bonds. The van der Waals surface area contributed by atoms with E-state index in [1.807, 2.05) is 31.2 Å². The molecule has 0 fully saturated rings. The lowest BCUT2D eigenvalue weighted by Crippen LogP contribution is -2.40. The summed E-state index contributed by atoms with van der Waals surface area (Å²) in [7, 11) is 1.61. The van der Waals surface area contributed by atoms with Gasteiger partial charge in [0.15, 0.2) is 0 Å². The molecule has 0 radical (unpaired) electrons. The summed E-state index contributed by atoms with van der Waals surface area (Å²) >= 11 is 6.09. The first-order valence-corrected chi connectivity index (χ1v) is 12.3. The van der Waals surface area contributed by atoms with Crippen LogP contribution >= 0.6 is 11.6 Å². The van der Waals surface area contributed by atoms with Gasteiger partial charge >= 0.3 is 5.69 Å². The summed E-state index contributed by atoms with van der Waals surface area (Å²) in [6.07, 6.45) is 2.07. The number of hydrogen-bond acceptors (Lipinski definition) is 4. The normalized spacial score (nSPS) is 12.4. The molecule has 0 spiro atoms. The van der Waals surface area contributed by atoms with Crippen molar-refractivity contribution in [2.24, 2.45) is 7.05 Å². The number of rotatable bonds is 7. The van der Waals surface area contributed by atoms with Crippen molar-refractivity contribution >= 4 is 22.6 Å². The summed E-state index contributed by atoms with van der Waals surface area (Å²) in [6.45, 7) is 6.52. The Morgan fingerprint density at radius 2 is 1.71 bits per heavy atom. The van der Waals surface area contributed by atoms with Crippen LogP contribution in [0.2, 0.25) is 5.02 Å². The standard InChI is InChI=1S/C28H30ClN3O3/c1-5-6-15-32-27(34)24-23(25(33)18-11-13-19(29)14-12-18)22(16-30-26(24)31(4)28(32)35)21-10-8-7-9-20(21)17(2)3/h7-14,16-17,25,33H,5-6,15H2,1-4H3. The first-order chi connectivity index (χ1) is 16.8. The van der Waals surface area contributed by atoms with Crippen molar-refractivity contribution in [1.29, 1.82) is 0 Å². The van der Waals surface area contributed by atoms with Gasteiger partial charge in [0, 0.05) is 35.9 Å². The van der Waals surface area contributed by atoms with E-state index in [-0.39, 0.29) is 17.0 Å². The van der Waals surface area contributed by atoms with Crippen LogP contribution in [0.15, 0.2) is 64.3 Å². The van der Waals surface area contributed by atoms with Crippen LogP contribution in [0.25, 0.3) is 22.2 Å².